The number of Topliss-reactive ketones (excluding diaryl/α,β-unsaturated/α-hetero) is 1. The minimum Gasteiger partial charge on any atom is -0.481 e. The third-order valence-electron chi connectivity index (χ3n) is 3.35. The maximum Gasteiger partial charge on any atom is 0.307 e. The average molecular weight is 254 g/mol. The van der Waals surface area contributed by atoms with Crippen molar-refractivity contribution in [2.45, 2.75) is 25.2 Å². The molecule has 1 aromatic rings. The second kappa shape index (κ2) is 4.84. The van der Waals surface area contributed by atoms with Gasteiger partial charge in [0.2, 0.25) is 0 Å². The number of aliphatic carboxylic acids is 1. The van der Waals surface area contributed by atoms with Crippen LogP contribution in [0.4, 0.5) is 8.78 Å². The summed E-state index contributed by atoms with van der Waals surface area (Å²) in [7, 11) is 0. The third kappa shape index (κ3) is 2.39. The Bertz CT molecular complexity index is 499. The van der Waals surface area contributed by atoms with Crippen molar-refractivity contribution in [3.8, 4) is 0 Å². The summed E-state index contributed by atoms with van der Waals surface area (Å²) in [5.74, 6) is -4.13. The maximum atomic E-state index is 13.7. The van der Waals surface area contributed by atoms with Gasteiger partial charge in [-0.05, 0) is 18.1 Å². The molecule has 0 aliphatic heterocycles. The van der Waals surface area contributed by atoms with Gasteiger partial charge in [-0.15, -0.1) is 0 Å². The Labute approximate surface area is 102 Å². The summed E-state index contributed by atoms with van der Waals surface area (Å²) in [6.07, 6.45) is 0.408. The highest BCUT2D eigenvalue weighted by Gasteiger charge is 2.36. The van der Waals surface area contributed by atoms with E-state index in [0.717, 1.165) is 6.07 Å². The van der Waals surface area contributed by atoms with Crippen molar-refractivity contribution in [1.29, 1.82) is 0 Å². The molecule has 2 atom stereocenters. The van der Waals surface area contributed by atoms with Crippen molar-refractivity contribution in [3.63, 3.8) is 0 Å². The van der Waals surface area contributed by atoms with Crippen LogP contribution < -0.4 is 0 Å². The molecule has 1 fully saturated rings. The van der Waals surface area contributed by atoms with Crippen LogP contribution in [0.5, 0.6) is 0 Å². The van der Waals surface area contributed by atoms with Crippen LogP contribution in [0.3, 0.4) is 0 Å². The zero-order valence-corrected chi connectivity index (χ0v) is 9.53. The van der Waals surface area contributed by atoms with Gasteiger partial charge in [-0.25, -0.2) is 8.78 Å². The summed E-state index contributed by atoms with van der Waals surface area (Å²) in [4.78, 5) is 22.5. The Hall–Kier alpha value is -1.78. The molecule has 3 nitrogen and oxygen atoms in total. The van der Waals surface area contributed by atoms with E-state index in [1.165, 1.54) is 6.07 Å². The van der Waals surface area contributed by atoms with E-state index >= 15 is 0 Å². The van der Waals surface area contributed by atoms with E-state index in [1.807, 2.05) is 0 Å². The number of ketones is 1. The number of rotatable bonds is 2. The summed E-state index contributed by atoms with van der Waals surface area (Å²) in [6, 6.07) is 3.02. The van der Waals surface area contributed by atoms with Crippen LogP contribution in [0.15, 0.2) is 18.2 Å². The van der Waals surface area contributed by atoms with Crippen molar-refractivity contribution in [2.75, 3.05) is 0 Å². The van der Waals surface area contributed by atoms with Gasteiger partial charge in [0.15, 0.2) is 0 Å². The molecular weight excluding hydrogens is 242 g/mol. The Morgan fingerprint density at radius 3 is 2.67 bits per heavy atom. The largest absolute Gasteiger partial charge is 0.481 e. The SMILES string of the molecule is O=C1CCC(C(=O)O)C(c2ccc(F)cc2F)C1. The fraction of sp³-hybridized carbons (Fsp3) is 0.385. The van der Waals surface area contributed by atoms with Gasteiger partial charge in [0, 0.05) is 24.8 Å². The zero-order valence-electron chi connectivity index (χ0n) is 9.53. The molecule has 0 heterocycles. The van der Waals surface area contributed by atoms with Gasteiger partial charge >= 0.3 is 5.97 Å². The Morgan fingerprint density at radius 2 is 2.06 bits per heavy atom. The molecule has 1 aromatic carbocycles. The molecule has 0 aromatic heterocycles. The van der Waals surface area contributed by atoms with Crippen LogP contribution in [0.2, 0.25) is 0 Å². The first-order valence-corrected chi connectivity index (χ1v) is 5.68. The molecule has 2 rings (SSSR count). The predicted molar refractivity (Wildman–Crippen MR) is 59.1 cm³/mol. The molecule has 1 aliphatic carbocycles. The molecule has 2 unspecified atom stereocenters. The molecule has 1 aliphatic rings. The molecular formula is C13H12F2O3. The van der Waals surface area contributed by atoms with E-state index in [9.17, 15) is 18.4 Å². The highest BCUT2D eigenvalue weighted by molar-refractivity contribution is 5.83. The Kier molecular flexibility index (Phi) is 3.41. The number of benzene rings is 1. The first kappa shape index (κ1) is 12.7. The van der Waals surface area contributed by atoms with Gasteiger partial charge in [0.25, 0.3) is 0 Å². The first-order valence-electron chi connectivity index (χ1n) is 5.68. The van der Waals surface area contributed by atoms with Crippen molar-refractivity contribution in [3.05, 3.63) is 35.4 Å². The van der Waals surface area contributed by atoms with E-state index in [4.69, 9.17) is 5.11 Å². The van der Waals surface area contributed by atoms with Gasteiger partial charge in [-0.3, -0.25) is 9.59 Å². The second-order valence-electron chi connectivity index (χ2n) is 4.50. The zero-order chi connectivity index (χ0) is 13.3. The summed E-state index contributed by atoms with van der Waals surface area (Å²) in [6.45, 7) is 0. The number of carbonyl (C=O) groups excluding carboxylic acids is 1. The van der Waals surface area contributed by atoms with E-state index < -0.39 is 29.4 Å². The minimum atomic E-state index is -1.05. The quantitative estimate of drug-likeness (QED) is 0.882. The van der Waals surface area contributed by atoms with Crippen LogP contribution in [-0.2, 0) is 9.59 Å². The molecule has 96 valence electrons. The molecule has 18 heavy (non-hydrogen) atoms. The summed E-state index contributed by atoms with van der Waals surface area (Å²) >= 11 is 0. The predicted octanol–water partition coefficient (Wildman–Crippen LogP) is 2.50. The monoisotopic (exact) mass is 254 g/mol. The lowest BCUT2D eigenvalue weighted by atomic mass is 9.75. The molecule has 0 bridgehead atoms. The fourth-order valence-electron chi connectivity index (χ4n) is 2.43. The van der Waals surface area contributed by atoms with Crippen LogP contribution in [-0.4, -0.2) is 16.9 Å². The Morgan fingerprint density at radius 1 is 1.33 bits per heavy atom. The maximum absolute atomic E-state index is 13.7. The van der Waals surface area contributed by atoms with E-state index in [0.29, 0.717) is 6.07 Å². The van der Waals surface area contributed by atoms with E-state index in [1.54, 1.807) is 0 Å². The van der Waals surface area contributed by atoms with Gasteiger partial charge in [0.05, 0.1) is 5.92 Å². The number of hydrogen-bond donors (Lipinski definition) is 1. The van der Waals surface area contributed by atoms with Crippen LogP contribution in [0.1, 0.15) is 30.7 Å². The van der Waals surface area contributed by atoms with Crippen molar-refractivity contribution in [1.82, 2.24) is 0 Å². The van der Waals surface area contributed by atoms with Crippen LogP contribution >= 0.6 is 0 Å². The average Bonchev–Trinajstić information content (AvgIpc) is 2.28. The fourth-order valence-corrected chi connectivity index (χ4v) is 2.43. The van der Waals surface area contributed by atoms with Gasteiger partial charge in [-0.1, -0.05) is 6.07 Å². The van der Waals surface area contributed by atoms with Crippen molar-refractivity contribution >= 4 is 11.8 Å². The molecule has 1 N–H and O–H groups in total. The highest BCUT2D eigenvalue weighted by Crippen LogP contribution is 2.37. The molecule has 0 spiro atoms. The van der Waals surface area contributed by atoms with Crippen LogP contribution in [0.25, 0.3) is 0 Å². The van der Waals surface area contributed by atoms with Gasteiger partial charge in [-0.2, -0.15) is 0 Å². The number of hydrogen-bond acceptors (Lipinski definition) is 2. The number of carbonyl (C=O) groups is 2. The van der Waals surface area contributed by atoms with Gasteiger partial charge < -0.3 is 5.11 Å². The lowest BCUT2D eigenvalue weighted by molar-refractivity contribution is -0.144. The second-order valence-corrected chi connectivity index (χ2v) is 4.50. The van der Waals surface area contributed by atoms with Crippen molar-refractivity contribution in [2.24, 2.45) is 5.92 Å². The summed E-state index contributed by atoms with van der Waals surface area (Å²) < 4.78 is 26.5. The number of halogens is 2. The summed E-state index contributed by atoms with van der Waals surface area (Å²) in [5, 5.41) is 9.09. The van der Waals surface area contributed by atoms with Crippen LogP contribution in [0, 0.1) is 17.6 Å². The normalized spacial score (nSPS) is 24.0. The molecule has 1 saturated carbocycles. The Balaban J connectivity index is 2.38. The van der Waals surface area contributed by atoms with Gasteiger partial charge in [0.1, 0.15) is 17.4 Å². The summed E-state index contributed by atoms with van der Waals surface area (Å²) in [5.41, 5.74) is 0.108. The van der Waals surface area contributed by atoms with Crippen molar-refractivity contribution < 1.29 is 23.5 Å². The topological polar surface area (TPSA) is 54.4 Å². The standard InChI is InChI=1S/C13H12F2O3/c14-7-1-3-9(12(15)5-7)11-6-8(16)2-4-10(11)13(17)18/h1,3,5,10-11H,2,4,6H2,(H,17,18). The highest BCUT2D eigenvalue weighted by atomic mass is 19.1. The lowest BCUT2D eigenvalue weighted by Crippen LogP contribution is -2.29. The third-order valence-corrected chi connectivity index (χ3v) is 3.35. The molecule has 5 heteroatoms. The first-order chi connectivity index (χ1) is 8.49. The van der Waals surface area contributed by atoms with E-state index in [-0.39, 0.29) is 30.6 Å². The molecule has 0 saturated heterocycles. The number of carboxylic acids is 1. The lowest BCUT2D eigenvalue weighted by Gasteiger charge is -2.28. The van der Waals surface area contributed by atoms with E-state index in [2.05, 4.69) is 0 Å². The molecule has 0 radical (unpaired) electrons. The molecule has 0 amide bonds. The smallest absolute Gasteiger partial charge is 0.307 e. The minimum absolute atomic E-state index is 0.000477. The number of carboxylic acid groups (broad SMARTS) is 1.